The van der Waals surface area contributed by atoms with Crippen molar-refractivity contribution < 1.29 is 9.47 Å². The van der Waals surface area contributed by atoms with Gasteiger partial charge in [-0.05, 0) is 12.8 Å². The van der Waals surface area contributed by atoms with Crippen LogP contribution in [-0.2, 0) is 16.0 Å². The van der Waals surface area contributed by atoms with E-state index in [2.05, 4.69) is 38.1 Å². The topological polar surface area (TPSA) is 67.8 Å². The molecule has 6 nitrogen and oxygen atoms in total. The van der Waals surface area contributed by atoms with Gasteiger partial charge in [0.15, 0.2) is 5.96 Å². The van der Waals surface area contributed by atoms with Gasteiger partial charge >= 0.3 is 0 Å². The molecule has 1 aromatic carbocycles. The van der Waals surface area contributed by atoms with E-state index in [0.717, 1.165) is 61.4 Å². The summed E-state index contributed by atoms with van der Waals surface area (Å²) in [6.45, 7) is 3.77. The van der Waals surface area contributed by atoms with Gasteiger partial charge in [0.05, 0.1) is 24.9 Å². The van der Waals surface area contributed by atoms with Gasteiger partial charge in [0, 0.05) is 37.7 Å². The van der Waals surface area contributed by atoms with E-state index in [1.165, 1.54) is 0 Å². The van der Waals surface area contributed by atoms with Crippen LogP contribution in [0.2, 0.25) is 0 Å². The number of hydrogen-bond donors (Lipinski definition) is 2. The fraction of sp³-hybridized carbons (Fsp3) is 0.474. The van der Waals surface area contributed by atoms with Crippen LogP contribution in [0.25, 0.3) is 11.3 Å². The number of nitrogens with one attached hydrogen (secondary N) is 2. The average molecular weight is 375 g/mol. The lowest BCUT2D eigenvalue weighted by molar-refractivity contribution is 0.0420. The molecule has 1 unspecified atom stereocenters. The van der Waals surface area contributed by atoms with Crippen LogP contribution in [0.1, 0.15) is 17.8 Å². The Morgan fingerprint density at radius 3 is 3.00 bits per heavy atom. The molecule has 0 saturated carbocycles. The zero-order valence-corrected chi connectivity index (χ0v) is 15.9. The molecule has 2 heterocycles. The first-order valence-electron chi connectivity index (χ1n) is 8.99. The van der Waals surface area contributed by atoms with Gasteiger partial charge in [0.1, 0.15) is 5.01 Å². The molecule has 0 radical (unpaired) electrons. The molecule has 0 bridgehead atoms. The van der Waals surface area contributed by atoms with Crippen molar-refractivity contribution in [1.29, 1.82) is 0 Å². The van der Waals surface area contributed by atoms with Crippen LogP contribution in [0.3, 0.4) is 0 Å². The molecule has 0 amide bonds. The second-order valence-corrected chi connectivity index (χ2v) is 7.00. The fourth-order valence-electron chi connectivity index (χ4n) is 2.69. The van der Waals surface area contributed by atoms with E-state index in [4.69, 9.17) is 9.47 Å². The van der Waals surface area contributed by atoms with Crippen LogP contribution in [-0.4, -0.2) is 50.5 Å². The minimum absolute atomic E-state index is 0.274. The zero-order chi connectivity index (χ0) is 18.0. The summed E-state index contributed by atoms with van der Waals surface area (Å²) in [7, 11) is 1.78. The lowest BCUT2D eigenvalue weighted by Crippen LogP contribution is -2.37. The van der Waals surface area contributed by atoms with E-state index in [1.807, 2.05) is 18.2 Å². The highest BCUT2D eigenvalue weighted by Gasteiger charge is 2.15. The molecule has 1 aliphatic heterocycles. The predicted molar refractivity (Wildman–Crippen MR) is 106 cm³/mol. The molecule has 2 N–H and O–H groups in total. The highest BCUT2D eigenvalue weighted by molar-refractivity contribution is 7.09. The maximum absolute atomic E-state index is 5.76. The van der Waals surface area contributed by atoms with Crippen LogP contribution in [0.4, 0.5) is 0 Å². The second-order valence-electron chi connectivity index (χ2n) is 6.05. The van der Waals surface area contributed by atoms with Gasteiger partial charge < -0.3 is 20.1 Å². The lowest BCUT2D eigenvalue weighted by atomic mass is 10.2. The van der Waals surface area contributed by atoms with Gasteiger partial charge in [-0.15, -0.1) is 11.3 Å². The molecule has 0 aliphatic carbocycles. The van der Waals surface area contributed by atoms with Gasteiger partial charge in [-0.3, -0.25) is 4.99 Å². The highest BCUT2D eigenvalue weighted by Crippen LogP contribution is 2.21. The third-order valence-electron chi connectivity index (χ3n) is 4.11. The first kappa shape index (κ1) is 18.8. The van der Waals surface area contributed by atoms with Crippen LogP contribution >= 0.6 is 11.3 Å². The van der Waals surface area contributed by atoms with Gasteiger partial charge in [0.25, 0.3) is 0 Å². The number of ether oxygens (including phenoxy) is 2. The monoisotopic (exact) mass is 374 g/mol. The second kappa shape index (κ2) is 10.3. The molecule has 1 fully saturated rings. The summed E-state index contributed by atoms with van der Waals surface area (Å²) in [4.78, 5) is 8.94. The summed E-state index contributed by atoms with van der Waals surface area (Å²) >= 11 is 1.65. The number of thiazole rings is 1. The predicted octanol–water partition coefficient (Wildman–Crippen LogP) is 2.67. The van der Waals surface area contributed by atoms with Crippen LogP contribution < -0.4 is 10.6 Å². The minimum atomic E-state index is 0.274. The van der Waals surface area contributed by atoms with Crippen LogP contribution in [0.15, 0.2) is 40.7 Å². The molecule has 1 aromatic heterocycles. The van der Waals surface area contributed by atoms with Crippen molar-refractivity contribution in [1.82, 2.24) is 15.6 Å². The summed E-state index contributed by atoms with van der Waals surface area (Å²) in [5.74, 6) is 0.783. The number of aliphatic imine (C=N–C) groups is 1. The summed E-state index contributed by atoms with van der Waals surface area (Å²) < 4.78 is 11.1. The zero-order valence-electron chi connectivity index (χ0n) is 15.1. The van der Waals surface area contributed by atoms with Gasteiger partial charge in [0.2, 0.25) is 0 Å². The van der Waals surface area contributed by atoms with Gasteiger partial charge in [-0.2, -0.15) is 0 Å². The normalized spacial score (nSPS) is 17.4. The van der Waals surface area contributed by atoms with Crippen molar-refractivity contribution in [3.8, 4) is 11.3 Å². The van der Waals surface area contributed by atoms with E-state index in [9.17, 15) is 0 Å². The molecule has 0 spiro atoms. The van der Waals surface area contributed by atoms with Gasteiger partial charge in [-0.1, -0.05) is 30.3 Å². The summed E-state index contributed by atoms with van der Waals surface area (Å²) in [5.41, 5.74) is 2.16. The first-order chi connectivity index (χ1) is 12.8. The number of nitrogens with zero attached hydrogens (tertiary/aromatic N) is 2. The smallest absolute Gasteiger partial charge is 0.191 e. The maximum atomic E-state index is 5.76. The van der Waals surface area contributed by atoms with E-state index in [-0.39, 0.29) is 6.10 Å². The van der Waals surface area contributed by atoms with E-state index >= 15 is 0 Å². The quantitative estimate of drug-likeness (QED) is 0.422. The number of guanidine groups is 1. The lowest BCUT2D eigenvalue weighted by Gasteiger charge is -2.12. The molecular weight excluding hydrogens is 348 g/mol. The van der Waals surface area contributed by atoms with Crippen molar-refractivity contribution in [2.24, 2.45) is 4.99 Å². The van der Waals surface area contributed by atoms with Crippen molar-refractivity contribution in [2.75, 3.05) is 33.4 Å². The SMILES string of the molecule is CN=C(NCCCOC1CCOC1)NCc1nc(-c2ccccc2)cs1. The van der Waals surface area contributed by atoms with E-state index in [1.54, 1.807) is 18.4 Å². The Balaban J connectivity index is 1.35. The highest BCUT2D eigenvalue weighted by atomic mass is 32.1. The Morgan fingerprint density at radius 1 is 1.35 bits per heavy atom. The Hall–Kier alpha value is -1.96. The molecule has 2 aromatic rings. The number of benzene rings is 1. The molecular formula is C19H26N4O2S. The first-order valence-corrected chi connectivity index (χ1v) is 9.87. The Labute approximate surface area is 158 Å². The van der Waals surface area contributed by atoms with Crippen LogP contribution in [0.5, 0.6) is 0 Å². The summed E-state index contributed by atoms with van der Waals surface area (Å²) in [6.07, 6.45) is 2.22. The van der Waals surface area contributed by atoms with Gasteiger partial charge in [-0.25, -0.2) is 4.98 Å². The third kappa shape index (κ3) is 5.79. The Kier molecular flexibility index (Phi) is 7.42. The Bertz CT molecular complexity index is 684. The minimum Gasteiger partial charge on any atom is -0.379 e. The van der Waals surface area contributed by atoms with E-state index < -0.39 is 0 Å². The van der Waals surface area contributed by atoms with Crippen molar-refractivity contribution in [2.45, 2.75) is 25.5 Å². The molecule has 7 heteroatoms. The molecule has 140 valence electrons. The molecule has 26 heavy (non-hydrogen) atoms. The molecule has 1 atom stereocenters. The number of aromatic nitrogens is 1. The van der Waals surface area contributed by atoms with Crippen molar-refractivity contribution in [3.63, 3.8) is 0 Å². The molecule has 3 rings (SSSR count). The maximum Gasteiger partial charge on any atom is 0.191 e. The number of hydrogen-bond acceptors (Lipinski definition) is 5. The van der Waals surface area contributed by atoms with Crippen molar-refractivity contribution in [3.05, 3.63) is 40.7 Å². The standard InChI is InChI=1S/C19H26N4O2S/c1-20-19(21-9-5-10-25-16-8-11-24-13-16)22-12-18-23-17(14-26-18)15-6-3-2-4-7-15/h2-4,6-7,14,16H,5,8-13H2,1H3,(H2,20,21,22). The van der Waals surface area contributed by atoms with E-state index in [0.29, 0.717) is 6.54 Å². The van der Waals surface area contributed by atoms with Crippen LogP contribution in [0, 0.1) is 0 Å². The largest absolute Gasteiger partial charge is 0.379 e. The third-order valence-corrected chi connectivity index (χ3v) is 4.96. The molecule has 1 aliphatic rings. The summed E-state index contributed by atoms with van der Waals surface area (Å²) in [6, 6.07) is 10.2. The van der Waals surface area contributed by atoms with Crippen molar-refractivity contribution >= 4 is 17.3 Å². The average Bonchev–Trinajstić information content (AvgIpc) is 3.36. The summed E-state index contributed by atoms with van der Waals surface area (Å²) in [5, 5.41) is 9.74. The Morgan fingerprint density at radius 2 is 2.23 bits per heavy atom. The molecule has 1 saturated heterocycles. The fourth-order valence-corrected chi connectivity index (χ4v) is 3.43. The number of rotatable bonds is 8.